The maximum atomic E-state index is 10.4. The zero-order valence-electron chi connectivity index (χ0n) is 10.6. The van der Waals surface area contributed by atoms with Crippen molar-refractivity contribution in [3.8, 4) is 11.2 Å². The molecule has 0 fully saturated rings. The molecule has 0 bridgehead atoms. The zero-order valence-corrected chi connectivity index (χ0v) is 11.5. The molecule has 0 atom stereocenters. The van der Waals surface area contributed by atoms with Crippen molar-refractivity contribution in [1.29, 1.82) is 0 Å². The number of ether oxygens (including phenoxy) is 1. The maximum absolute atomic E-state index is 10.4. The summed E-state index contributed by atoms with van der Waals surface area (Å²) in [6.07, 6.45) is 0. The van der Waals surface area contributed by atoms with Gasteiger partial charge in [0, 0.05) is 16.1 Å². The fraction of sp³-hybridized carbons (Fsp3) is 0.357. The van der Waals surface area contributed by atoms with Crippen molar-refractivity contribution in [2.24, 2.45) is 0 Å². The molecule has 0 saturated carbocycles. The summed E-state index contributed by atoms with van der Waals surface area (Å²) in [5.41, 5.74) is 0.839. The molecular weight excluding hydrogens is 231 g/mol. The Morgan fingerprint density at radius 2 is 1.71 bits per heavy atom. The fourth-order valence-corrected chi connectivity index (χ4v) is 3.07. The molecule has 1 aromatic carbocycles. The van der Waals surface area contributed by atoms with Crippen LogP contribution in [0.25, 0.3) is 10.8 Å². The summed E-state index contributed by atoms with van der Waals surface area (Å²) in [6, 6.07) is 7.81. The van der Waals surface area contributed by atoms with Crippen molar-refractivity contribution in [1.82, 2.24) is 0 Å². The zero-order chi connectivity index (χ0) is 12.6. The molecule has 3 heteroatoms. The van der Waals surface area contributed by atoms with Gasteiger partial charge in [-0.2, -0.15) is 0 Å². The molecule has 0 aliphatic carbocycles. The van der Waals surface area contributed by atoms with Crippen molar-refractivity contribution >= 4 is 19.0 Å². The van der Waals surface area contributed by atoms with Crippen molar-refractivity contribution < 1.29 is 9.84 Å². The molecule has 0 amide bonds. The first-order valence-corrected chi connectivity index (χ1v) is 6.50. The molecule has 0 saturated heterocycles. The van der Waals surface area contributed by atoms with Crippen molar-refractivity contribution in [3.63, 3.8) is 0 Å². The molecule has 1 aromatic heterocycles. The van der Waals surface area contributed by atoms with E-state index in [1.54, 1.807) is 7.11 Å². The Morgan fingerprint density at radius 3 is 2.24 bits per heavy atom. The lowest BCUT2D eigenvalue weighted by Gasteiger charge is -2.22. The summed E-state index contributed by atoms with van der Waals surface area (Å²) in [5, 5.41) is 13.2. The quantitative estimate of drug-likeness (QED) is 0.808. The molecule has 0 spiro atoms. The summed E-state index contributed by atoms with van der Waals surface area (Å²) >= 11 is 0. The second kappa shape index (κ2) is 4.19. The van der Waals surface area contributed by atoms with Gasteiger partial charge in [-0.3, -0.25) is 0 Å². The third-order valence-corrected chi connectivity index (χ3v) is 4.49. The molecular formula is C14H17O2P. The molecule has 2 nitrogen and oxygen atoms in total. The Balaban J connectivity index is 2.85. The number of hydrogen-bond acceptors (Lipinski definition) is 2. The molecule has 17 heavy (non-hydrogen) atoms. The number of hydrogen-bond donors (Lipinski definition) is 1. The monoisotopic (exact) mass is 248 g/mol. The number of aromatic hydroxyl groups is 1. The van der Waals surface area contributed by atoms with Gasteiger partial charge >= 0.3 is 0 Å². The van der Waals surface area contributed by atoms with Crippen LogP contribution in [-0.2, 0) is 5.41 Å². The van der Waals surface area contributed by atoms with E-state index in [1.165, 1.54) is 0 Å². The lowest BCUT2D eigenvalue weighted by atomic mass is 9.93. The summed E-state index contributed by atoms with van der Waals surface area (Å²) in [5.74, 6) is 0.399. The minimum Gasteiger partial charge on any atom is -0.507 e. The van der Waals surface area contributed by atoms with Crippen LogP contribution >= 0.6 is 8.19 Å². The van der Waals surface area contributed by atoms with E-state index in [-0.39, 0.29) is 5.41 Å². The van der Waals surface area contributed by atoms with Crippen molar-refractivity contribution in [3.05, 3.63) is 29.6 Å². The highest BCUT2D eigenvalue weighted by Gasteiger charge is 2.22. The number of rotatable bonds is 1. The van der Waals surface area contributed by atoms with E-state index in [1.807, 2.05) is 24.3 Å². The molecule has 0 aliphatic rings. The van der Waals surface area contributed by atoms with E-state index >= 15 is 0 Å². The molecule has 0 aliphatic heterocycles. The van der Waals surface area contributed by atoms with Crippen LogP contribution in [0.5, 0.6) is 11.2 Å². The Morgan fingerprint density at radius 1 is 1.12 bits per heavy atom. The third kappa shape index (κ3) is 2.10. The van der Waals surface area contributed by atoms with Gasteiger partial charge in [-0.05, 0) is 13.6 Å². The summed E-state index contributed by atoms with van der Waals surface area (Å²) in [7, 11) is 2.64. The van der Waals surface area contributed by atoms with Crippen molar-refractivity contribution in [2.45, 2.75) is 26.2 Å². The van der Waals surface area contributed by atoms with Crippen molar-refractivity contribution in [2.75, 3.05) is 7.11 Å². The van der Waals surface area contributed by atoms with Crippen LogP contribution in [0.4, 0.5) is 0 Å². The third-order valence-electron chi connectivity index (χ3n) is 2.75. The first-order valence-electron chi connectivity index (χ1n) is 5.61. The SMILES string of the molecule is COc1pc(C(C)(C)C)c(O)c2ccccc12. The van der Waals surface area contributed by atoms with E-state index in [9.17, 15) is 5.11 Å². The molecule has 1 heterocycles. The predicted octanol–water partition coefficient (Wildman–Crippen LogP) is 4.43. The number of methoxy groups -OCH3 is 1. The minimum absolute atomic E-state index is 0.0665. The van der Waals surface area contributed by atoms with E-state index in [0.29, 0.717) is 5.75 Å². The maximum Gasteiger partial charge on any atom is 0.153 e. The largest absolute Gasteiger partial charge is 0.507 e. The first kappa shape index (κ1) is 12.2. The topological polar surface area (TPSA) is 29.5 Å². The van der Waals surface area contributed by atoms with Gasteiger partial charge in [0.25, 0.3) is 0 Å². The van der Waals surface area contributed by atoms with Gasteiger partial charge in [0.15, 0.2) is 5.48 Å². The smallest absolute Gasteiger partial charge is 0.153 e. The van der Waals surface area contributed by atoms with Gasteiger partial charge in [-0.1, -0.05) is 45.0 Å². The van der Waals surface area contributed by atoms with Gasteiger partial charge in [0.05, 0.1) is 7.11 Å². The molecule has 1 N–H and O–H groups in total. The highest BCUT2D eigenvalue weighted by Crippen LogP contribution is 2.48. The van der Waals surface area contributed by atoms with Crippen LogP contribution in [-0.4, -0.2) is 12.2 Å². The average molecular weight is 248 g/mol. The summed E-state index contributed by atoms with van der Waals surface area (Å²) in [6.45, 7) is 6.31. The summed E-state index contributed by atoms with van der Waals surface area (Å²) in [4.78, 5) is 0. The van der Waals surface area contributed by atoms with Gasteiger partial charge in [-0.15, -0.1) is 0 Å². The Bertz CT molecular complexity index is 556. The van der Waals surface area contributed by atoms with Gasteiger partial charge in [0.2, 0.25) is 0 Å². The van der Waals surface area contributed by atoms with E-state index < -0.39 is 0 Å². The van der Waals surface area contributed by atoms with Crippen LogP contribution in [0.15, 0.2) is 24.3 Å². The Labute approximate surface area is 103 Å². The second-order valence-corrected chi connectivity index (χ2v) is 6.19. The predicted molar refractivity (Wildman–Crippen MR) is 73.4 cm³/mol. The van der Waals surface area contributed by atoms with Crippen LogP contribution in [0, 0.1) is 0 Å². The summed E-state index contributed by atoms with van der Waals surface area (Å²) < 4.78 is 5.45. The van der Waals surface area contributed by atoms with Gasteiger partial charge < -0.3 is 9.84 Å². The number of fused-ring (bicyclic) bond motifs is 1. The first-order chi connectivity index (χ1) is 7.95. The fourth-order valence-electron chi connectivity index (χ4n) is 1.90. The Kier molecular flexibility index (Phi) is 3.01. The lowest BCUT2D eigenvalue weighted by Crippen LogP contribution is -2.09. The average Bonchev–Trinajstić information content (AvgIpc) is 2.28. The number of benzene rings is 1. The van der Waals surface area contributed by atoms with E-state index in [2.05, 4.69) is 20.8 Å². The van der Waals surface area contributed by atoms with E-state index in [4.69, 9.17) is 4.74 Å². The van der Waals surface area contributed by atoms with Gasteiger partial charge in [-0.25, -0.2) is 0 Å². The normalized spacial score (nSPS) is 12.2. The molecule has 90 valence electrons. The standard InChI is InChI=1S/C14H17O2P/c1-14(2,3)12-11(15)9-7-5-6-8-10(9)13(16-4)17-12/h5-8,15H,1-4H3. The highest BCUT2D eigenvalue weighted by atomic mass is 31.0. The van der Waals surface area contributed by atoms with Gasteiger partial charge in [0.1, 0.15) is 5.75 Å². The molecule has 2 aromatic rings. The lowest BCUT2D eigenvalue weighted by molar-refractivity contribution is 0.428. The minimum atomic E-state index is -0.0665. The van der Waals surface area contributed by atoms with Crippen LogP contribution in [0.1, 0.15) is 26.1 Å². The highest BCUT2D eigenvalue weighted by molar-refractivity contribution is 7.34. The van der Waals surface area contributed by atoms with E-state index in [0.717, 1.165) is 29.7 Å². The molecule has 0 radical (unpaired) electrons. The van der Waals surface area contributed by atoms with Crippen LogP contribution < -0.4 is 4.74 Å². The van der Waals surface area contributed by atoms with Crippen LogP contribution in [0.2, 0.25) is 0 Å². The van der Waals surface area contributed by atoms with Crippen LogP contribution in [0.3, 0.4) is 0 Å². The molecule has 0 unspecified atom stereocenters. The molecule has 2 rings (SSSR count). The Hall–Kier alpha value is -1.27. The second-order valence-electron chi connectivity index (χ2n) is 5.11.